The van der Waals surface area contributed by atoms with Gasteiger partial charge in [0.1, 0.15) is 5.82 Å². The van der Waals surface area contributed by atoms with E-state index in [1.807, 2.05) is 28.2 Å². The maximum Gasteiger partial charge on any atom is 0.449 e. The topological polar surface area (TPSA) is 65.1 Å². The van der Waals surface area contributed by atoms with Crippen LogP contribution >= 0.6 is 0 Å². The molecule has 2 aliphatic rings. The second-order valence-corrected chi connectivity index (χ2v) is 7.02. The van der Waals surface area contributed by atoms with E-state index >= 15 is 0 Å². The van der Waals surface area contributed by atoms with E-state index in [4.69, 9.17) is 0 Å². The van der Waals surface area contributed by atoms with E-state index < -0.39 is 17.6 Å². The number of aromatic nitrogens is 3. The smallest absolute Gasteiger partial charge is 0.357 e. The van der Waals surface area contributed by atoms with Gasteiger partial charge in [0.15, 0.2) is 0 Å². The van der Waals surface area contributed by atoms with Gasteiger partial charge in [0, 0.05) is 45.3 Å². The lowest BCUT2D eigenvalue weighted by molar-refractivity contribution is -0.145. The third-order valence-corrected chi connectivity index (χ3v) is 5.06. The fraction of sp³-hybridized carbons (Fsp3) is 0.500. The number of aromatic amines is 1. The molecule has 0 spiro atoms. The number of nitrogens with zero attached hydrogens (tertiary/aromatic N) is 4. The molecule has 0 aromatic carbocycles. The number of fused-ring (bicyclic) bond motifs is 1. The number of hydrogen-bond donors (Lipinski definition) is 1. The van der Waals surface area contributed by atoms with Gasteiger partial charge < -0.3 is 9.88 Å². The van der Waals surface area contributed by atoms with Gasteiger partial charge >= 0.3 is 6.18 Å². The van der Waals surface area contributed by atoms with E-state index in [2.05, 4.69) is 14.9 Å². The summed E-state index contributed by atoms with van der Waals surface area (Å²) in [6.07, 6.45) is -0.112. The third-order valence-electron chi connectivity index (χ3n) is 5.06. The molecular formula is C18H20F3N5O. The van der Waals surface area contributed by atoms with Crippen molar-refractivity contribution in [3.63, 3.8) is 0 Å². The van der Waals surface area contributed by atoms with Crippen LogP contribution in [0.5, 0.6) is 0 Å². The summed E-state index contributed by atoms with van der Waals surface area (Å²) in [6, 6.07) is 4.02. The first-order valence-electron chi connectivity index (χ1n) is 9.01. The molecule has 27 heavy (non-hydrogen) atoms. The lowest BCUT2D eigenvalue weighted by Gasteiger charge is -2.28. The number of nitrogens with one attached hydrogen (secondary N) is 1. The summed E-state index contributed by atoms with van der Waals surface area (Å²) in [6.45, 7) is 3.49. The van der Waals surface area contributed by atoms with E-state index in [1.54, 1.807) is 0 Å². The molecule has 9 heteroatoms. The molecule has 1 N–H and O–H groups in total. The van der Waals surface area contributed by atoms with Crippen LogP contribution < -0.4 is 10.5 Å². The summed E-state index contributed by atoms with van der Waals surface area (Å²) in [5.74, 6) is -0.248. The number of anilines is 1. The van der Waals surface area contributed by atoms with E-state index in [0.717, 1.165) is 24.5 Å². The molecule has 2 aromatic heterocycles. The van der Waals surface area contributed by atoms with Crippen LogP contribution in [0.3, 0.4) is 0 Å². The molecule has 0 radical (unpaired) electrons. The Morgan fingerprint density at radius 1 is 1.15 bits per heavy atom. The van der Waals surface area contributed by atoms with Crippen molar-refractivity contribution in [1.82, 2.24) is 19.9 Å². The highest BCUT2D eigenvalue weighted by Gasteiger charge is 2.35. The number of H-pyrrole nitrogens is 1. The molecule has 0 saturated carbocycles. The SMILES string of the molecule is O=c1[nH]c(C(F)(F)F)nc2c1CN(Cc1ccc(N3CCCC3)nc1)CC2. The van der Waals surface area contributed by atoms with Gasteiger partial charge in [-0.2, -0.15) is 13.2 Å². The van der Waals surface area contributed by atoms with E-state index in [0.29, 0.717) is 25.1 Å². The zero-order valence-electron chi connectivity index (χ0n) is 14.7. The van der Waals surface area contributed by atoms with Gasteiger partial charge in [-0.05, 0) is 24.5 Å². The van der Waals surface area contributed by atoms with E-state index in [-0.39, 0.29) is 12.2 Å². The van der Waals surface area contributed by atoms with Crippen LogP contribution in [0.2, 0.25) is 0 Å². The number of rotatable bonds is 3. The molecule has 1 fully saturated rings. The van der Waals surface area contributed by atoms with Gasteiger partial charge in [0.2, 0.25) is 5.82 Å². The summed E-state index contributed by atoms with van der Waals surface area (Å²) in [5.41, 5.74) is 0.859. The van der Waals surface area contributed by atoms with Crippen LogP contribution in [0.25, 0.3) is 0 Å². The molecule has 4 heterocycles. The normalized spacial score (nSPS) is 18.0. The van der Waals surface area contributed by atoms with Crippen LogP contribution in [-0.4, -0.2) is 39.5 Å². The van der Waals surface area contributed by atoms with Crippen LogP contribution in [0.15, 0.2) is 23.1 Å². The minimum Gasteiger partial charge on any atom is -0.357 e. The molecule has 2 aliphatic heterocycles. The Labute approximate surface area is 154 Å². The molecule has 6 nitrogen and oxygen atoms in total. The van der Waals surface area contributed by atoms with Gasteiger partial charge in [0.05, 0.1) is 11.3 Å². The van der Waals surface area contributed by atoms with Crippen molar-refractivity contribution in [2.24, 2.45) is 0 Å². The first-order valence-corrected chi connectivity index (χ1v) is 9.01. The van der Waals surface area contributed by atoms with Crippen molar-refractivity contribution >= 4 is 5.82 Å². The van der Waals surface area contributed by atoms with Gasteiger partial charge in [-0.1, -0.05) is 6.07 Å². The highest BCUT2D eigenvalue weighted by molar-refractivity contribution is 5.40. The van der Waals surface area contributed by atoms with Crippen molar-refractivity contribution in [1.29, 1.82) is 0 Å². The minimum atomic E-state index is -4.64. The van der Waals surface area contributed by atoms with E-state index in [1.165, 1.54) is 12.8 Å². The molecule has 2 aromatic rings. The number of pyridine rings is 1. The zero-order chi connectivity index (χ0) is 19.0. The Balaban J connectivity index is 1.46. The van der Waals surface area contributed by atoms with Crippen molar-refractivity contribution in [2.45, 2.75) is 38.5 Å². The molecule has 0 aliphatic carbocycles. The maximum absolute atomic E-state index is 12.8. The Bertz CT molecular complexity index is 872. The standard InChI is InChI=1S/C18H20F3N5O/c19-18(20,21)17-23-14-5-8-25(11-13(14)16(27)24-17)10-12-3-4-15(22-9-12)26-6-1-2-7-26/h3-4,9H,1-2,5-8,10-11H2,(H,23,24,27). The fourth-order valence-corrected chi connectivity index (χ4v) is 3.65. The predicted molar refractivity (Wildman–Crippen MR) is 93.4 cm³/mol. The average molecular weight is 379 g/mol. The van der Waals surface area contributed by atoms with Crippen LogP contribution in [0.4, 0.5) is 19.0 Å². The second-order valence-electron chi connectivity index (χ2n) is 7.02. The number of halogens is 3. The van der Waals surface area contributed by atoms with Crippen molar-refractivity contribution in [2.75, 3.05) is 24.5 Å². The monoisotopic (exact) mass is 379 g/mol. The van der Waals surface area contributed by atoms with E-state index in [9.17, 15) is 18.0 Å². The Hall–Kier alpha value is -2.42. The molecule has 0 atom stereocenters. The zero-order valence-corrected chi connectivity index (χ0v) is 14.7. The van der Waals surface area contributed by atoms with Crippen molar-refractivity contribution in [3.05, 3.63) is 51.3 Å². The van der Waals surface area contributed by atoms with Gasteiger partial charge in [-0.15, -0.1) is 0 Å². The molecule has 4 rings (SSSR count). The quantitative estimate of drug-likeness (QED) is 0.887. The number of hydrogen-bond acceptors (Lipinski definition) is 5. The van der Waals surface area contributed by atoms with Gasteiger partial charge in [-0.25, -0.2) is 9.97 Å². The summed E-state index contributed by atoms with van der Waals surface area (Å²) >= 11 is 0. The van der Waals surface area contributed by atoms with Gasteiger partial charge in [0.25, 0.3) is 5.56 Å². The average Bonchev–Trinajstić information content (AvgIpc) is 3.16. The maximum atomic E-state index is 12.8. The van der Waals surface area contributed by atoms with Gasteiger partial charge in [-0.3, -0.25) is 9.69 Å². The van der Waals surface area contributed by atoms with Crippen LogP contribution in [-0.2, 0) is 25.7 Å². The Morgan fingerprint density at radius 3 is 2.59 bits per heavy atom. The first-order chi connectivity index (χ1) is 12.9. The molecule has 0 unspecified atom stereocenters. The lowest BCUT2D eigenvalue weighted by atomic mass is 10.1. The first kappa shape index (κ1) is 18.0. The number of alkyl halides is 3. The summed E-state index contributed by atoms with van der Waals surface area (Å²) in [5, 5.41) is 0. The molecule has 0 bridgehead atoms. The van der Waals surface area contributed by atoms with Crippen LogP contribution in [0.1, 0.15) is 35.5 Å². The summed E-state index contributed by atoms with van der Waals surface area (Å²) in [7, 11) is 0. The highest BCUT2D eigenvalue weighted by Crippen LogP contribution is 2.27. The van der Waals surface area contributed by atoms with Crippen molar-refractivity contribution in [3.8, 4) is 0 Å². The molecule has 144 valence electrons. The molecular weight excluding hydrogens is 359 g/mol. The third kappa shape index (κ3) is 3.83. The molecule has 0 amide bonds. The highest BCUT2D eigenvalue weighted by atomic mass is 19.4. The van der Waals surface area contributed by atoms with Crippen LogP contribution in [0, 0.1) is 0 Å². The summed E-state index contributed by atoms with van der Waals surface area (Å²) < 4.78 is 38.4. The second kappa shape index (κ2) is 6.95. The Kier molecular flexibility index (Phi) is 4.63. The Morgan fingerprint density at radius 2 is 1.93 bits per heavy atom. The molecule has 1 saturated heterocycles. The summed E-state index contributed by atoms with van der Waals surface area (Å²) in [4.78, 5) is 26.4. The minimum absolute atomic E-state index is 0.241. The fourth-order valence-electron chi connectivity index (χ4n) is 3.65. The largest absolute Gasteiger partial charge is 0.449 e. The predicted octanol–water partition coefficient (Wildman–Crippen LogP) is 2.34. The lowest BCUT2D eigenvalue weighted by Crippen LogP contribution is -2.36. The van der Waals surface area contributed by atoms with Crippen molar-refractivity contribution < 1.29 is 13.2 Å².